The molecule has 16 heavy (non-hydrogen) atoms. The van der Waals surface area contributed by atoms with Gasteiger partial charge in [-0.3, -0.25) is 4.90 Å². The largest absolute Gasteiger partial charge is 0.380 e. The first-order valence-electron chi connectivity index (χ1n) is 5.49. The number of hydrogen-bond donors (Lipinski definition) is 2. The summed E-state index contributed by atoms with van der Waals surface area (Å²) < 4.78 is 5.37. The fourth-order valence-corrected chi connectivity index (χ4v) is 1.96. The summed E-state index contributed by atoms with van der Waals surface area (Å²) >= 11 is 0. The van der Waals surface area contributed by atoms with E-state index in [1.165, 1.54) is 0 Å². The third-order valence-electron chi connectivity index (χ3n) is 2.98. The van der Waals surface area contributed by atoms with E-state index in [1.54, 1.807) is 6.20 Å². The van der Waals surface area contributed by atoms with Gasteiger partial charge in [0.15, 0.2) is 0 Å². The van der Waals surface area contributed by atoms with Crippen LogP contribution in [0.15, 0.2) is 18.3 Å². The molecular formula is C11H18N4O. The Hall–Kier alpha value is -1.17. The van der Waals surface area contributed by atoms with Crippen molar-refractivity contribution in [2.24, 2.45) is 5.84 Å². The van der Waals surface area contributed by atoms with E-state index < -0.39 is 0 Å². The van der Waals surface area contributed by atoms with E-state index >= 15 is 0 Å². The van der Waals surface area contributed by atoms with Gasteiger partial charge in [0.1, 0.15) is 5.82 Å². The molecule has 0 aromatic carbocycles. The van der Waals surface area contributed by atoms with Crippen molar-refractivity contribution in [2.45, 2.75) is 19.0 Å². The molecule has 0 aliphatic carbocycles. The van der Waals surface area contributed by atoms with Gasteiger partial charge < -0.3 is 10.2 Å². The molecule has 0 radical (unpaired) electrons. The van der Waals surface area contributed by atoms with Crippen LogP contribution in [0.2, 0.25) is 0 Å². The molecule has 1 aromatic rings. The molecule has 5 nitrogen and oxygen atoms in total. The van der Waals surface area contributed by atoms with Crippen LogP contribution in [0.3, 0.4) is 0 Å². The summed E-state index contributed by atoms with van der Waals surface area (Å²) in [7, 11) is 2.10. The zero-order chi connectivity index (χ0) is 11.4. The first kappa shape index (κ1) is 11.3. The predicted molar refractivity (Wildman–Crippen MR) is 62.7 cm³/mol. The van der Waals surface area contributed by atoms with Crippen molar-refractivity contribution in [2.75, 3.05) is 25.7 Å². The summed E-state index contributed by atoms with van der Waals surface area (Å²) in [5.41, 5.74) is 3.73. The van der Waals surface area contributed by atoms with E-state index in [9.17, 15) is 0 Å². The average molecular weight is 222 g/mol. The number of nitrogens with two attached hydrogens (primary N) is 1. The van der Waals surface area contributed by atoms with Crippen LogP contribution < -0.4 is 11.3 Å². The van der Waals surface area contributed by atoms with E-state index in [0.717, 1.165) is 37.6 Å². The fraction of sp³-hybridized carbons (Fsp3) is 0.545. The number of likely N-dealkylation sites (N-methyl/N-ethyl adjacent to an activating group) is 1. The Balaban J connectivity index is 2.01. The van der Waals surface area contributed by atoms with Crippen LogP contribution in [0, 0.1) is 0 Å². The zero-order valence-electron chi connectivity index (χ0n) is 9.52. The maximum Gasteiger partial charge on any atom is 0.144 e. The zero-order valence-corrected chi connectivity index (χ0v) is 9.52. The van der Waals surface area contributed by atoms with E-state index in [1.807, 2.05) is 12.1 Å². The molecule has 2 rings (SSSR count). The van der Waals surface area contributed by atoms with Crippen LogP contribution in [0.4, 0.5) is 5.82 Å². The molecule has 1 saturated heterocycles. The summed E-state index contributed by atoms with van der Waals surface area (Å²) in [5.74, 6) is 6.17. The number of ether oxygens (including phenoxy) is 1. The molecule has 2 heterocycles. The van der Waals surface area contributed by atoms with Crippen molar-refractivity contribution in [3.05, 3.63) is 23.9 Å². The lowest BCUT2D eigenvalue weighted by atomic mass is 10.2. The highest BCUT2D eigenvalue weighted by Crippen LogP contribution is 2.17. The monoisotopic (exact) mass is 222 g/mol. The minimum Gasteiger partial charge on any atom is -0.380 e. The third kappa shape index (κ3) is 2.49. The first-order chi connectivity index (χ1) is 7.81. The lowest BCUT2D eigenvalue weighted by molar-refractivity contribution is 0.156. The minimum absolute atomic E-state index is 0.505. The molecule has 1 aromatic heterocycles. The number of nitrogens with zero attached hydrogens (tertiary/aromatic N) is 2. The Morgan fingerprint density at radius 2 is 2.56 bits per heavy atom. The van der Waals surface area contributed by atoms with Crippen LogP contribution in [0.25, 0.3) is 0 Å². The van der Waals surface area contributed by atoms with Gasteiger partial charge in [-0.2, -0.15) is 0 Å². The lowest BCUT2D eigenvalue weighted by Crippen LogP contribution is -2.31. The van der Waals surface area contributed by atoms with Crippen LogP contribution in [0.5, 0.6) is 0 Å². The average Bonchev–Trinajstić information content (AvgIpc) is 2.83. The molecule has 1 aliphatic rings. The molecule has 0 bridgehead atoms. The van der Waals surface area contributed by atoms with Gasteiger partial charge in [-0.15, -0.1) is 0 Å². The molecule has 0 saturated carbocycles. The Kier molecular flexibility index (Phi) is 3.71. The van der Waals surface area contributed by atoms with Crippen molar-refractivity contribution >= 4 is 5.82 Å². The molecule has 0 spiro atoms. The Morgan fingerprint density at radius 3 is 3.25 bits per heavy atom. The number of hydrazine groups is 1. The second-order valence-corrected chi connectivity index (χ2v) is 4.09. The number of rotatable bonds is 4. The maximum atomic E-state index is 5.42. The van der Waals surface area contributed by atoms with E-state index in [-0.39, 0.29) is 0 Å². The van der Waals surface area contributed by atoms with Gasteiger partial charge >= 0.3 is 0 Å². The summed E-state index contributed by atoms with van der Waals surface area (Å²) in [5, 5.41) is 0. The van der Waals surface area contributed by atoms with Gasteiger partial charge in [0, 0.05) is 31.0 Å². The third-order valence-corrected chi connectivity index (χ3v) is 2.98. The highest BCUT2D eigenvalue weighted by Gasteiger charge is 2.20. The van der Waals surface area contributed by atoms with Gasteiger partial charge in [-0.1, -0.05) is 6.07 Å². The number of hydrogen-bond acceptors (Lipinski definition) is 5. The van der Waals surface area contributed by atoms with Gasteiger partial charge in [0.05, 0.1) is 6.61 Å². The quantitative estimate of drug-likeness (QED) is 0.576. The standard InChI is InChI=1S/C11H18N4O/c1-15(10-4-6-16-8-10)7-9-3-2-5-13-11(9)14-12/h2-3,5,10H,4,6-8,12H2,1H3,(H,13,14). The predicted octanol–water partition coefficient (Wildman–Crippen LogP) is 0.588. The molecule has 88 valence electrons. The van der Waals surface area contributed by atoms with E-state index in [0.29, 0.717) is 6.04 Å². The molecule has 1 atom stereocenters. The molecular weight excluding hydrogens is 204 g/mol. The normalized spacial score (nSPS) is 20.3. The lowest BCUT2D eigenvalue weighted by Gasteiger charge is -2.23. The molecule has 5 heteroatoms. The van der Waals surface area contributed by atoms with Crippen molar-refractivity contribution < 1.29 is 4.74 Å². The molecule has 0 amide bonds. The second kappa shape index (κ2) is 5.25. The molecule has 3 N–H and O–H groups in total. The van der Waals surface area contributed by atoms with Crippen molar-refractivity contribution in [1.29, 1.82) is 0 Å². The highest BCUT2D eigenvalue weighted by atomic mass is 16.5. The van der Waals surface area contributed by atoms with Gasteiger partial charge in [0.2, 0.25) is 0 Å². The summed E-state index contributed by atoms with van der Waals surface area (Å²) in [6, 6.07) is 4.47. The summed E-state index contributed by atoms with van der Waals surface area (Å²) in [6.45, 7) is 2.52. The molecule has 1 unspecified atom stereocenters. The Morgan fingerprint density at radius 1 is 1.69 bits per heavy atom. The van der Waals surface area contributed by atoms with Crippen molar-refractivity contribution in [3.63, 3.8) is 0 Å². The number of anilines is 1. The second-order valence-electron chi connectivity index (χ2n) is 4.09. The fourth-order valence-electron chi connectivity index (χ4n) is 1.96. The molecule has 1 aliphatic heterocycles. The van der Waals surface area contributed by atoms with Crippen molar-refractivity contribution in [1.82, 2.24) is 9.88 Å². The van der Waals surface area contributed by atoms with Crippen LogP contribution in [-0.4, -0.2) is 36.2 Å². The summed E-state index contributed by atoms with van der Waals surface area (Å²) in [4.78, 5) is 6.47. The number of pyridine rings is 1. The van der Waals surface area contributed by atoms with E-state index in [2.05, 4.69) is 22.4 Å². The number of nitrogens with one attached hydrogen (secondary N) is 1. The Labute approximate surface area is 95.6 Å². The van der Waals surface area contributed by atoms with Gasteiger partial charge in [-0.25, -0.2) is 10.8 Å². The first-order valence-corrected chi connectivity index (χ1v) is 5.49. The van der Waals surface area contributed by atoms with Crippen LogP contribution in [0.1, 0.15) is 12.0 Å². The van der Waals surface area contributed by atoms with Gasteiger partial charge in [-0.05, 0) is 19.5 Å². The SMILES string of the molecule is CN(Cc1cccnc1NN)C1CCOC1. The molecule has 1 fully saturated rings. The smallest absolute Gasteiger partial charge is 0.144 e. The van der Waals surface area contributed by atoms with Crippen LogP contribution >= 0.6 is 0 Å². The van der Waals surface area contributed by atoms with E-state index in [4.69, 9.17) is 10.6 Å². The maximum absolute atomic E-state index is 5.42. The number of aromatic nitrogens is 1. The summed E-state index contributed by atoms with van der Waals surface area (Å²) in [6.07, 6.45) is 2.83. The van der Waals surface area contributed by atoms with Crippen LogP contribution in [-0.2, 0) is 11.3 Å². The highest BCUT2D eigenvalue weighted by molar-refractivity contribution is 5.42. The van der Waals surface area contributed by atoms with Gasteiger partial charge in [0.25, 0.3) is 0 Å². The Bertz CT molecular complexity index is 339. The van der Waals surface area contributed by atoms with Crippen molar-refractivity contribution in [3.8, 4) is 0 Å². The minimum atomic E-state index is 0.505. The number of nitrogen functional groups attached to an aromatic ring is 1. The topological polar surface area (TPSA) is 63.4 Å².